The van der Waals surface area contributed by atoms with Crippen LogP contribution in [0.2, 0.25) is 10.0 Å². The number of benzene rings is 3. The highest BCUT2D eigenvalue weighted by molar-refractivity contribution is 6.58. The molecule has 0 aliphatic heterocycles. The van der Waals surface area contributed by atoms with Crippen molar-refractivity contribution in [1.82, 2.24) is 0 Å². The van der Waals surface area contributed by atoms with Crippen molar-refractivity contribution < 1.29 is 19.5 Å². The fourth-order valence-corrected chi connectivity index (χ4v) is 4.65. The van der Waals surface area contributed by atoms with Crippen molar-refractivity contribution in [3.8, 4) is 0 Å². The summed E-state index contributed by atoms with van der Waals surface area (Å²) in [4.78, 5) is 38.5. The molecule has 1 unspecified atom stereocenters. The quantitative estimate of drug-likeness (QED) is 0.302. The molecule has 0 heterocycles. The summed E-state index contributed by atoms with van der Waals surface area (Å²) in [5.41, 5.74) is 1.71. The van der Waals surface area contributed by atoms with Crippen LogP contribution in [0.1, 0.15) is 22.3 Å². The molecule has 0 spiro atoms. The van der Waals surface area contributed by atoms with E-state index in [4.69, 9.17) is 34.0 Å². The van der Waals surface area contributed by atoms with Crippen LogP contribution in [0.4, 0.5) is 11.4 Å². The third-order valence-electron chi connectivity index (χ3n) is 6.19. The molecule has 0 radical (unpaired) electrons. The van der Waals surface area contributed by atoms with Crippen LogP contribution in [-0.2, 0) is 14.4 Å². The van der Waals surface area contributed by atoms with Crippen molar-refractivity contribution in [3.05, 3.63) is 104 Å². The van der Waals surface area contributed by atoms with Gasteiger partial charge in [-0.1, -0.05) is 71.7 Å². The lowest BCUT2D eigenvalue weighted by molar-refractivity contribution is -0.117. The van der Waals surface area contributed by atoms with Crippen molar-refractivity contribution in [2.45, 2.75) is 6.10 Å². The second-order valence-electron chi connectivity index (χ2n) is 8.57. The van der Waals surface area contributed by atoms with E-state index in [0.717, 1.165) is 0 Å². The predicted octanol–water partition coefficient (Wildman–Crippen LogP) is 4.73. The second kappa shape index (κ2) is 9.83. The molecule has 10 heteroatoms. The van der Waals surface area contributed by atoms with E-state index in [1.165, 1.54) is 24.3 Å². The zero-order chi connectivity index (χ0) is 27.1. The Morgan fingerprint density at radius 3 is 1.95 bits per heavy atom. The number of rotatable bonds is 4. The molecular formula is C28H18Cl2N4O4. The molecule has 0 saturated heterocycles. The number of Topliss-reactive ketones (excluding diaryl/α,β-unsaturated/α-hetero) is 1. The van der Waals surface area contributed by atoms with Crippen molar-refractivity contribution in [3.63, 3.8) is 0 Å². The zero-order valence-corrected chi connectivity index (χ0v) is 20.9. The highest BCUT2D eigenvalue weighted by Crippen LogP contribution is 2.34. The molecule has 5 rings (SSSR count). The average Bonchev–Trinajstić information content (AvgIpc) is 2.91. The molecule has 0 fully saturated rings. The lowest BCUT2D eigenvalue weighted by Crippen LogP contribution is -2.33. The minimum Gasteiger partial charge on any atom is -0.382 e. The summed E-state index contributed by atoms with van der Waals surface area (Å²) in [6.07, 6.45) is 1.48. The zero-order valence-electron chi connectivity index (χ0n) is 19.4. The first-order valence-electron chi connectivity index (χ1n) is 11.3. The van der Waals surface area contributed by atoms with Gasteiger partial charge in [-0.25, -0.2) is 0 Å². The molecule has 0 saturated carbocycles. The maximum Gasteiger partial charge on any atom is 0.259 e. The predicted molar refractivity (Wildman–Crippen MR) is 147 cm³/mol. The van der Waals surface area contributed by atoms with Crippen molar-refractivity contribution in [2.24, 2.45) is 0 Å². The smallest absolute Gasteiger partial charge is 0.259 e. The number of carbonyl (C=O) groups is 3. The molecule has 38 heavy (non-hydrogen) atoms. The minimum absolute atomic E-state index is 0.0219. The summed E-state index contributed by atoms with van der Waals surface area (Å²) in [6.45, 7) is 0. The summed E-state index contributed by atoms with van der Waals surface area (Å²) in [6, 6.07) is 16.3. The minimum atomic E-state index is -1.43. The lowest BCUT2D eigenvalue weighted by Gasteiger charge is -2.23. The molecule has 3 aromatic carbocycles. The van der Waals surface area contributed by atoms with Crippen LogP contribution in [0.5, 0.6) is 0 Å². The number of hydrogen-bond donors (Lipinski definition) is 5. The van der Waals surface area contributed by atoms with E-state index < -0.39 is 23.7 Å². The van der Waals surface area contributed by atoms with E-state index in [9.17, 15) is 19.5 Å². The van der Waals surface area contributed by atoms with Gasteiger partial charge < -0.3 is 21.1 Å². The molecule has 3 aromatic rings. The Balaban J connectivity index is 1.37. The number of aliphatic hydroxyl groups is 1. The second-order valence-corrected chi connectivity index (χ2v) is 9.39. The van der Waals surface area contributed by atoms with E-state index in [1.54, 1.807) is 48.5 Å². The molecular weight excluding hydrogens is 527 g/mol. The molecule has 188 valence electrons. The van der Waals surface area contributed by atoms with Gasteiger partial charge in [0.25, 0.3) is 11.8 Å². The molecule has 2 aliphatic carbocycles. The van der Waals surface area contributed by atoms with Crippen LogP contribution in [0, 0.1) is 10.8 Å². The van der Waals surface area contributed by atoms with Gasteiger partial charge in [-0.2, -0.15) is 0 Å². The molecule has 0 bridgehead atoms. The number of hydrogen-bond acceptors (Lipinski definition) is 6. The lowest BCUT2D eigenvalue weighted by atomic mass is 9.88. The fraction of sp³-hybridized carbons (Fsp3) is 0.0357. The standard InChI is InChI=1S/C28H18Cl2N4O4/c29-19-12-22(34-28(38)18-10-14-6-2-4-8-16(14)24(32)26(18)36)20(30)11-21(19)33-27(37)17-9-13-5-1-3-7-15(13)23(31)25(17)35/h1-12,25,31-32,35H,(H,33,37)(H,34,38). The van der Waals surface area contributed by atoms with Gasteiger partial charge in [-0.05, 0) is 35.4 Å². The Morgan fingerprint density at radius 2 is 1.32 bits per heavy atom. The third-order valence-corrected chi connectivity index (χ3v) is 6.82. The van der Waals surface area contributed by atoms with E-state index >= 15 is 0 Å². The van der Waals surface area contributed by atoms with Gasteiger partial charge in [0.15, 0.2) is 0 Å². The van der Waals surface area contributed by atoms with Gasteiger partial charge in [-0.15, -0.1) is 0 Å². The van der Waals surface area contributed by atoms with Gasteiger partial charge in [0.1, 0.15) is 11.8 Å². The van der Waals surface area contributed by atoms with Gasteiger partial charge in [0.2, 0.25) is 5.78 Å². The topological polar surface area (TPSA) is 143 Å². The molecule has 5 N–H and O–H groups in total. The SMILES string of the molecule is N=C1C(=O)C(C(=O)Nc2cc(Cl)c(NC(=O)C3=Cc4ccccc4C(=N)C3O)cc2Cl)=Cc2ccccc21. The Hall–Kier alpha value is -4.37. The summed E-state index contributed by atoms with van der Waals surface area (Å²) in [5, 5.41) is 32.0. The van der Waals surface area contributed by atoms with Gasteiger partial charge in [0, 0.05) is 11.1 Å². The first kappa shape index (κ1) is 25.3. The van der Waals surface area contributed by atoms with Gasteiger partial charge >= 0.3 is 0 Å². The molecule has 0 aromatic heterocycles. The number of nitrogens with one attached hydrogen (secondary N) is 4. The van der Waals surface area contributed by atoms with Crippen molar-refractivity contribution in [2.75, 3.05) is 10.6 Å². The number of anilines is 2. The number of ketones is 1. The van der Waals surface area contributed by atoms with Crippen LogP contribution < -0.4 is 10.6 Å². The highest BCUT2D eigenvalue weighted by Gasteiger charge is 2.31. The number of fused-ring (bicyclic) bond motifs is 2. The molecule has 2 amide bonds. The maximum atomic E-state index is 13.0. The third kappa shape index (κ3) is 4.45. The first-order valence-corrected chi connectivity index (χ1v) is 12.0. The van der Waals surface area contributed by atoms with Crippen molar-refractivity contribution in [1.29, 1.82) is 10.8 Å². The van der Waals surface area contributed by atoms with Crippen LogP contribution >= 0.6 is 23.2 Å². The summed E-state index contributed by atoms with van der Waals surface area (Å²) in [7, 11) is 0. The number of aliphatic hydroxyl groups excluding tert-OH is 1. The van der Waals surface area contributed by atoms with E-state index in [0.29, 0.717) is 22.3 Å². The maximum absolute atomic E-state index is 13.0. The van der Waals surface area contributed by atoms with E-state index in [1.807, 2.05) is 0 Å². The van der Waals surface area contributed by atoms with Gasteiger partial charge in [-0.3, -0.25) is 19.8 Å². The fourth-order valence-electron chi connectivity index (χ4n) is 4.23. The van der Waals surface area contributed by atoms with E-state index in [-0.39, 0.29) is 44.0 Å². The largest absolute Gasteiger partial charge is 0.382 e. The van der Waals surface area contributed by atoms with Crippen LogP contribution in [0.3, 0.4) is 0 Å². The Bertz CT molecular complexity index is 1660. The molecule has 2 aliphatic rings. The van der Waals surface area contributed by atoms with Crippen LogP contribution in [0.25, 0.3) is 12.2 Å². The Morgan fingerprint density at radius 1 is 0.789 bits per heavy atom. The summed E-state index contributed by atoms with van der Waals surface area (Å²) < 4.78 is 0. The monoisotopic (exact) mass is 544 g/mol. The number of halogens is 2. The van der Waals surface area contributed by atoms with Crippen LogP contribution in [-0.4, -0.2) is 40.2 Å². The highest BCUT2D eigenvalue weighted by atomic mass is 35.5. The Labute approximate surface area is 226 Å². The Kier molecular flexibility index (Phi) is 6.54. The molecule has 8 nitrogen and oxygen atoms in total. The number of carbonyl (C=O) groups excluding carboxylic acids is 3. The molecule has 1 atom stereocenters. The number of amides is 2. The first-order chi connectivity index (χ1) is 18.2. The average molecular weight is 545 g/mol. The summed E-state index contributed by atoms with van der Waals surface area (Å²) >= 11 is 12.7. The summed E-state index contributed by atoms with van der Waals surface area (Å²) in [5.74, 6) is -2.17. The normalized spacial score (nSPS) is 16.2. The van der Waals surface area contributed by atoms with Gasteiger partial charge in [0.05, 0.1) is 38.3 Å². The van der Waals surface area contributed by atoms with Crippen molar-refractivity contribution >= 4 is 75.7 Å². The van der Waals surface area contributed by atoms with Crippen LogP contribution in [0.15, 0.2) is 71.8 Å². The van der Waals surface area contributed by atoms with E-state index in [2.05, 4.69) is 10.6 Å².